The van der Waals surface area contributed by atoms with Crippen molar-refractivity contribution in [2.45, 2.75) is 32.7 Å². The van der Waals surface area contributed by atoms with E-state index in [0.717, 1.165) is 25.1 Å². The number of hydrogen-bond donors (Lipinski definition) is 2. The molecule has 1 saturated heterocycles. The third-order valence-corrected chi connectivity index (χ3v) is 4.05. The van der Waals surface area contributed by atoms with Gasteiger partial charge in [-0.1, -0.05) is 25.1 Å². The first-order chi connectivity index (χ1) is 10.6. The minimum Gasteiger partial charge on any atom is -0.331 e. The van der Waals surface area contributed by atoms with E-state index in [4.69, 9.17) is 0 Å². The van der Waals surface area contributed by atoms with Gasteiger partial charge in [-0.15, -0.1) is 0 Å². The molecule has 0 saturated carbocycles. The number of nitrogens with zero attached hydrogens (tertiary/aromatic N) is 1. The Morgan fingerprint density at radius 1 is 1.36 bits per heavy atom. The Kier molecular flexibility index (Phi) is 5.95. The van der Waals surface area contributed by atoms with Crippen LogP contribution in [0.4, 0.5) is 5.69 Å². The first-order valence-electron chi connectivity index (χ1n) is 8.00. The highest BCUT2D eigenvalue weighted by Gasteiger charge is 2.32. The monoisotopic (exact) mass is 303 g/mol. The van der Waals surface area contributed by atoms with Gasteiger partial charge in [0.2, 0.25) is 11.8 Å². The maximum atomic E-state index is 12.6. The van der Waals surface area contributed by atoms with E-state index in [1.165, 1.54) is 0 Å². The van der Waals surface area contributed by atoms with Gasteiger partial charge >= 0.3 is 0 Å². The van der Waals surface area contributed by atoms with Gasteiger partial charge in [-0.3, -0.25) is 9.59 Å². The molecule has 2 unspecified atom stereocenters. The summed E-state index contributed by atoms with van der Waals surface area (Å²) in [7, 11) is 0. The van der Waals surface area contributed by atoms with Crippen molar-refractivity contribution in [2.75, 3.05) is 25.0 Å². The third-order valence-electron chi connectivity index (χ3n) is 4.05. The Bertz CT molecular complexity index is 498. The molecular formula is C17H25N3O2. The topological polar surface area (TPSA) is 61.4 Å². The molecular weight excluding hydrogens is 278 g/mol. The van der Waals surface area contributed by atoms with E-state index in [-0.39, 0.29) is 17.7 Å². The molecule has 0 aromatic heterocycles. The fourth-order valence-electron chi connectivity index (χ4n) is 2.75. The van der Waals surface area contributed by atoms with Crippen LogP contribution >= 0.6 is 0 Å². The second-order valence-corrected chi connectivity index (χ2v) is 5.75. The highest BCUT2D eigenvalue weighted by atomic mass is 16.2. The van der Waals surface area contributed by atoms with Crippen molar-refractivity contribution in [1.82, 2.24) is 10.2 Å². The first kappa shape index (κ1) is 16.5. The fraction of sp³-hybridized carbons (Fsp3) is 0.529. The number of carbonyl (C=O) groups excluding carboxylic acids is 2. The summed E-state index contributed by atoms with van der Waals surface area (Å²) >= 11 is 0. The molecule has 1 aromatic carbocycles. The number of benzene rings is 1. The van der Waals surface area contributed by atoms with Crippen molar-refractivity contribution in [1.29, 1.82) is 0 Å². The van der Waals surface area contributed by atoms with Crippen molar-refractivity contribution in [3.05, 3.63) is 30.3 Å². The zero-order valence-corrected chi connectivity index (χ0v) is 13.3. The summed E-state index contributed by atoms with van der Waals surface area (Å²) in [4.78, 5) is 26.8. The molecule has 120 valence electrons. The highest BCUT2D eigenvalue weighted by Crippen LogP contribution is 2.16. The molecule has 1 aliphatic heterocycles. The van der Waals surface area contributed by atoms with Crippen LogP contribution in [-0.4, -0.2) is 42.4 Å². The zero-order chi connectivity index (χ0) is 15.9. The van der Waals surface area contributed by atoms with Gasteiger partial charge in [-0.2, -0.15) is 0 Å². The van der Waals surface area contributed by atoms with Gasteiger partial charge in [0.1, 0.15) is 6.04 Å². The average Bonchev–Trinajstić information content (AvgIpc) is 3.06. The smallest absolute Gasteiger partial charge is 0.246 e. The maximum absolute atomic E-state index is 12.6. The molecule has 2 amide bonds. The molecule has 5 heteroatoms. The van der Waals surface area contributed by atoms with Gasteiger partial charge in [-0.25, -0.2) is 0 Å². The van der Waals surface area contributed by atoms with E-state index < -0.39 is 6.04 Å². The van der Waals surface area contributed by atoms with Gasteiger partial charge < -0.3 is 15.5 Å². The molecule has 0 spiro atoms. The lowest BCUT2D eigenvalue weighted by atomic mass is 10.1. The van der Waals surface area contributed by atoms with E-state index in [0.29, 0.717) is 13.1 Å². The predicted octanol–water partition coefficient (Wildman–Crippen LogP) is 1.86. The number of amides is 2. The Morgan fingerprint density at radius 3 is 2.68 bits per heavy atom. The molecule has 2 atom stereocenters. The van der Waals surface area contributed by atoms with Crippen LogP contribution < -0.4 is 10.6 Å². The number of para-hydroxylation sites is 1. The molecule has 1 fully saturated rings. The second kappa shape index (κ2) is 7.94. The van der Waals surface area contributed by atoms with E-state index in [2.05, 4.69) is 10.6 Å². The standard InChI is InChI=1S/C17H25N3O2/c1-3-11-20(17(22)14-9-10-18-12-14)13(2)16(21)19-15-7-5-4-6-8-15/h4-8,13-14,18H,3,9-12H2,1-2H3,(H,19,21). The maximum Gasteiger partial charge on any atom is 0.246 e. The van der Waals surface area contributed by atoms with Crippen molar-refractivity contribution >= 4 is 17.5 Å². The highest BCUT2D eigenvalue weighted by molar-refractivity contribution is 5.97. The van der Waals surface area contributed by atoms with Gasteiger partial charge in [0.15, 0.2) is 0 Å². The summed E-state index contributed by atoms with van der Waals surface area (Å²) in [5, 5.41) is 6.09. The van der Waals surface area contributed by atoms with Crippen molar-refractivity contribution < 1.29 is 9.59 Å². The summed E-state index contributed by atoms with van der Waals surface area (Å²) in [6.07, 6.45) is 1.70. The molecule has 2 rings (SSSR count). The number of anilines is 1. The minimum absolute atomic E-state index is 0.00137. The van der Waals surface area contributed by atoms with Crippen LogP contribution in [0.1, 0.15) is 26.7 Å². The van der Waals surface area contributed by atoms with Crippen LogP contribution in [0.15, 0.2) is 30.3 Å². The lowest BCUT2D eigenvalue weighted by Gasteiger charge is -2.30. The number of nitrogens with one attached hydrogen (secondary N) is 2. The van der Waals surface area contributed by atoms with Crippen LogP contribution in [0.5, 0.6) is 0 Å². The van der Waals surface area contributed by atoms with E-state index >= 15 is 0 Å². The average molecular weight is 303 g/mol. The van der Waals surface area contributed by atoms with Crippen molar-refractivity contribution in [2.24, 2.45) is 5.92 Å². The molecule has 0 aliphatic carbocycles. The lowest BCUT2D eigenvalue weighted by molar-refractivity contribution is -0.141. The van der Waals surface area contributed by atoms with E-state index in [1.54, 1.807) is 11.8 Å². The summed E-state index contributed by atoms with van der Waals surface area (Å²) in [5.74, 6) is -0.0555. The van der Waals surface area contributed by atoms with Crippen LogP contribution in [-0.2, 0) is 9.59 Å². The second-order valence-electron chi connectivity index (χ2n) is 5.75. The SMILES string of the molecule is CCCN(C(=O)C1CCNC1)C(C)C(=O)Nc1ccccc1. The zero-order valence-electron chi connectivity index (χ0n) is 13.3. The van der Waals surface area contributed by atoms with Crippen LogP contribution in [0.3, 0.4) is 0 Å². The molecule has 0 radical (unpaired) electrons. The summed E-state index contributed by atoms with van der Waals surface area (Å²) in [6, 6.07) is 8.88. The molecule has 5 nitrogen and oxygen atoms in total. The van der Waals surface area contributed by atoms with Gasteiger partial charge in [0.25, 0.3) is 0 Å². The minimum atomic E-state index is -0.465. The first-order valence-corrected chi connectivity index (χ1v) is 8.00. The Morgan fingerprint density at radius 2 is 2.09 bits per heavy atom. The Labute approximate surface area is 132 Å². The number of rotatable bonds is 6. The van der Waals surface area contributed by atoms with Gasteiger partial charge in [0, 0.05) is 18.8 Å². The fourth-order valence-corrected chi connectivity index (χ4v) is 2.75. The van der Waals surface area contributed by atoms with Crippen molar-refractivity contribution in [3.8, 4) is 0 Å². The number of carbonyl (C=O) groups is 2. The summed E-state index contributed by atoms with van der Waals surface area (Å²) in [5.41, 5.74) is 0.755. The molecule has 1 heterocycles. The Balaban J connectivity index is 2.03. The normalized spacial score (nSPS) is 18.7. The van der Waals surface area contributed by atoms with Crippen molar-refractivity contribution in [3.63, 3.8) is 0 Å². The third kappa shape index (κ3) is 4.07. The van der Waals surface area contributed by atoms with Gasteiger partial charge in [0.05, 0.1) is 5.92 Å². The van der Waals surface area contributed by atoms with Gasteiger partial charge in [-0.05, 0) is 38.4 Å². The van der Waals surface area contributed by atoms with E-state index in [1.807, 2.05) is 37.3 Å². The van der Waals surface area contributed by atoms with E-state index in [9.17, 15) is 9.59 Å². The quantitative estimate of drug-likeness (QED) is 0.843. The molecule has 1 aliphatic rings. The molecule has 0 bridgehead atoms. The summed E-state index contributed by atoms with van der Waals surface area (Å²) < 4.78 is 0. The molecule has 1 aromatic rings. The predicted molar refractivity (Wildman–Crippen MR) is 87.5 cm³/mol. The molecule has 22 heavy (non-hydrogen) atoms. The molecule has 2 N–H and O–H groups in total. The summed E-state index contributed by atoms with van der Waals surface area (Å²) in [6.45, 7) is 6.02. The Hall–Kier alpha value is -1.88. The lowest BCUT2D eigenvalue weighted by Crippen LogP contribution is -2.48. The van der Waals surface area contributed by atoms with Crippen LogP contribution in [0.2, 0.25) is 0 Å². The largest absolute Gasteiger partial charge is 0.331 e. The van der Waals surface area contributed by atoms with Crippen LogP contribution in [0, 0.1) is 5.92 Å². The number of hydrogen-bond acceptors (Lipinski definition) is 3. The van der Waals surface area contributed by atoms with Crippen LogP contribution in [0.25, 0.3) is 0 Å².